The fraction of sp³-hybridized carbons (Fsp3) is 0.684. The van der Waals surface area contributed by atoms with E-state index in [1.807, 2.05) is 0 Å². The zero-order valence-electron chi connectivity index (χ0n) is 13.4. The second kappa shape index (κ2) is 7.83. The van der Waals surface area contributed by atoms with Crippen LogP contribution in [-0.2, 0) is 11.8 Å². The van der Waals surface area contributed by atoms with Gasteiger partial charge in [-0.1, -0.05) is 57.4 Å². The quantitative estimate of drug-likeness (QED) is 0.668. The molecule has 1 atom stereocenters. The van der Waals surface area contributed by atoms with Crippen LogP contribution in [0.5, 0.6) is 0 Å². The molecule has 0 fully saturated rings. The molecular formula is C19H31N. The van der Waals surface area contributed by atoms with E-state index >= 15 is 0 Å². The molecule has 1 unspecified atom stereocenters. The predicted molar refractivity (Wildman–Crippen MR) is 88.4 cm³/mol. The summed E-state index contributed by atoms with van der Waals surface area (Å²) in [6.45, 7) is 6.88. The summed E-state index contributed by atoms with van der Waals surface area (Å²) in [5.41, 5.74) is 3.65. The number of unbranched alkanes of at least 4 members (excludes halogenated alkanes) is 2. The first-order valence-electron chi connectivity index (χ1n) is 8.61. The Bertz CT molecular complexity index is 387. The van der Waals surface area contributed by atoms with Gasteiger partial charge >= 0.3 is 0 Å². The van der Waals surface area contributed by atoms with Gasteiger partial charge in [0.1, 0.15) is 0 Å². The second-order valence-corrected chi connectivity index (χ2v) is 6.42. The Labute approximate surface area is 125 Å². The van der Waals surface area contributed by atoms with Crippen molar-refractivity contribution in [2.24, 2.45) is 0 Å². The lowest BCUT2D eigenvalue weighted by atomic mass is 9.67. The maximum absolute atomic E-state index is 3.71. The molecule has 0 amide bonds. The maximum Gasteiger partial charge on any atom is 0.00806 e. The van der Waals surface area contributed by atoms with Crippen LogP contribution in [0.25, 0.3) is 0 Å². The molecule has 0 bridgehead atoms. The van der Waals surface area contributed by atoms with Crippen LogP contribution in [0.3, 0.4) is 0 Å². The first-order chi connectivity index (χ1) is 9.82. The highest BCUT2D eigenvalue weighted by Crippen LogP contribution is 2.40. The molecule has 112 valence electrons. The van der Waals surface area contributed by atoms with E-state index in [0.717, 1.165) is 6.54 Å². The number of hydrogen-bond acceptors (Lipinski definition) is 1. The van der Waals surface area contributed by atoms with Crippen molar-refractivity contribution in [3.8, 4) is 0 Å². The minimum atomic E-state index is 0.402. The Morgan fingerprint density at radius 1 is 1.10 bits per heavy atom. The molecule has 0 saturated carbocycles. The van der Waals surface area contributed by atoms with E-state index in [9.17, 15) is 0 Å². The van der Waals surface area contributed by atoms with Crippen molar-refractivity contribution >= 4 is 0 Å². The lowest BCUT2D eigenvalue weighted by Gasteiger charge is -2.40. The maximum atomic E-state index is 3.71. The number of aryl methyl sites for hydroxylation is 1. The minimum Gasteiger partial charge on any atom is -0.316 e. The lowest BCUT2D eigenvalue weighted by Crippen LogP contribution is -2.41. The van der Waals surface area contributed by atoms with Crippen molar-refractivity contribution in [3.63, 3.8) is 0 Å². The van der Waals surface area contributed by atoms with E-state index in [1.54, 1.807) is 11.1 Å². The van der Waals surface area contributed by atoms with Crippen molar-refractivity contribution in [3.05, 3.63) is 35.4 Å². The smallest absolute Gasteiger partial charge is 0.00806 e. The summed E-state index contributed by atoms with van der Waals surface area (Å²) in [6.07, 6.45) is 10.7. The lowest BCUT2D eigenvalue weighted by molar-refractivity contribution is 0.306. The first kappa shape index (κ1) is 15.6. The molecule has 0 aliphatic heterocycles. The summed E-state index contributed by atoms with van der Waals surface area (Å²) in [7, 11) is 0. The molecule has 0 heterocycles. The molecular weight excluding hydrogens is 242 g/mol. The summed E-state index contributed by atoms with van der Waals surface area (Å²) in [5, 5.41) is 3.71. The van der Waals surface area contributed by atoms with Crippen molar-refractivity contribution in [1.82, 2.24) is 5.32 Å². The standard InChI is InChI=1S/C19H31N/c1-3-5-8-13-19(16-20-15-4-2)14-9-11-17-10-6-7-12-18(17)19/h6-7,10,12,20H,3-5,8-9,11,13-16H2,1-2H3. The molecule has 1 aliphatic carbocycles. The van der Waals surface area contributed by atoms with E-state index in [0.29, 0.717) is 5.41 Å². The molecule has 20 heavy (non-hydrogen) atoms. The molecule has 0 spiro atoms. The van der Waals surface area contributed by atoms with Crippen LogP contribution in [0.2, 0.25) is 0 Å². The Morgan fingerprint density at radius 2 is 1.95 bits per heavy atom. The molecule has 1 N–H and O–H groups in total. The fourth-order valence-corrected chi connectivity index (χ4v) is 3.76. The van der Waals surface area contributed by atoms with Crippen molar-refractivity contribution in [2.45, 2.75) is 70.6 Å². The van der Waals surface area contributed by atoms with E-state index < -0.39 is 0 Å². The number of hydrogen-bond donors (Lipinski definition) is 1. The average molecular weight is 273 g/mol. The van der Waals surface area contributed by atoms with E-state index in [1.165, 1.54) is 57.9 Å². The summed E-state index contributed by atoms with van der Waals surface area (Å²) >= 11 is 0. The highest BCUT2D eigenvalue weighted by Gasteiger charge is 2.35. The van der Waals surface area contributed by atoms with Crippen LogP contribution in [-0.4, -0.2) is 13.1 Å². The number of fused-ring (bicyclic) bond motifs is 1. The summed E-state index contributed by atoms with van der Waals surface area (Å²) in [6, 6.07) is 9.19. The predicted octanol–water partition coefficient (Wildman–Crippen LogP) is 4.84. The number of nitrogens with one attached hydrogen (secondary N) is 1. The van der Waals surface area contributed by atoms with Crippen molar-refractivity contribution in [2.75, 3.05) is 13.1 Å². The summed E-state index contributed by atoms with van der Waals surface area (Å²) in [4.78, 5) is 0. The molecule has 0 saturated heterocycles. The van der Waals surface area contributed by atoms with Crippen molar-refractivity contribution in [1.29, 1.82) is 0 Å². The van der Waals surface area contributed by atoms with Gasteiger partial charge in [-0.15, -0.1) is 0 Å². The van der Waals surface area contributed by atoms with Gasteiger partial charge in [-0.25, -0.2) is 0 Å². The van der Waals surface area contributed by atoms with Crippen molar-refractivity contribution < 1.29 is 0 Å². The molecule has 1 nitrogen and oxygen atoms in total. The Kier molecular flexibility index (Phi) is 6.09. The highest BCUT2D eigenvalue weighted by molar-refractivity contribution is 5.37. The highest BCUT2D eigenvalue weighted by atomic mass is 14.9. The zero-order chi connectivity index (χ0) is 14.3. The Hall–Kier alpha value is -0.820. The van der Waals surface area contributed by atoms with Gasteiger partial charge in [0.2, 0.25) is 0 Å². The summed E-state index contributed by atoms with van der Waals surface area (Å²) in [5.74, 6) is 0. The van der Waals surface area contributed by atoms with Gasteiger partial charge in [-0.3, -0.25) is 0 Å². The molecule has 2 rings (SSSR count). The van der Waals surface area contributed by atoms with Crippen LogP contribution >= 0.6 is 0 Å². The van der Waals surface area contributed by atoms with Gasteiger partial charge in [0.15, 0.2) is 0 Å². The molecule has 1 aromatic rings. The van der Waals surface area contributed by atoms with Gasteiger partial charge in [-0.2, -0.15) is 0 Å². The Balaban J connectivity index is 2.17. The van der Waals surface area contributed by atoms with Gasteiger partial charge in [-0.05, 0) is 49.8 Å². The van der Waals surface area contributed by atoms with Gasteiger partial charge < -0.3 is 5.32 Å². The van der Waals surface area contributed by atoms with Crippen LogP contribution in [0.1, 0.15) is 69.9 Å². The van der Waals surface area contributed by atoms with Gasteiger partial charge in [0.05, 0.1) is 0 Å². The fourth-order valence-electron chi connectivity index (χ4n) is 3.76. The van der Waals surface area contributed by atoms with E-state index in [4.69, 9.17) is 0 Å². The van der Waals surface area contributed by atoms with Crippen LogP contribution in [0.4, 0.5) is 0 Å². The van der Waals surface area contributed by atoms with E-state index in [-0.39, 0.29) is 0 Å². The first-order valence-corrected chi connectivity index (χ1v) is 8.61. The topological polar surface area (TPSA) is 12.0 Å². The minimum absolute atomic E-state index is 0.402. The third-order valence-corrected chi connectivity index (χ3v) is 4.84. The van der Waals surface area contributed by atoms with Crippen LogP contribution < -0.4 is 5.32 Å². The van der Waals surface area contributed by atoms with Gasteiger partial charge in [0, 0.05) is 12.0 Å². The monoisotopic (exact) mass is 273 g/mol. The number of benzene rings is 1. The third kappa shape index (κ3) is 3.63. The normalized spacial score (nSPS) is 21.7. The SMILES string of the molecule is CCCCCC1(CNCCC)CCCc2ccccc21. The summed E-state index contributed by atoms with van der Waals surface area (Å²) < 4.78 is 0. The number of rotatable bonds is 8. The van der Waals surface area contributed by atoms with Crippen LogP contribution in [0, 0.1) is 0 Å². The second-order valence-electron chi connectivity index (χ2n) is 6.42. The zero-order valence-corrected chi connectivity index (χ0v) is 13.4. The Morgan fingerprint density at radius 3 is 2.75 bits per heavy atom. The average Bonchev–Trinajstić information content (AvgIpc) is 2.48. The molecule has 1 aromatic carbocycles. The molecule has 0 radical (unpaired) electrons. The molecule has 0 aromatic heterocycles. The van der Waals surface area contributed by atoms with Crippen LogP contribution in [0.15, 0.2) is 24.3 Å². The van der Waals surface area contributed by atoms with E-state index in [2.05, 4.69) is 43.4 Å². The molecule has 1 aliphatic rings. The molecule has 1 heteroatoms. The largest absolute Gasteiger partial charge is 0.316 e. The van der Waals surface area contributed by atoms with Gasteiger partial charge in [0.25, 0.3) is 0 Å². The third-order valence-electron chi connectivity index (χ3n) is 4.84.